The summed E-state index contributed by atoms with van der Waals surface area (Å²) in [6.07, 6.45) is 0.741. The van der Waals surface area contributed by atoms with Crippen LogP contribution in [0.1, 0.15) is 17.8 Å². The Morgan fingerprint density at radius 2 is 2.00 bits per heavy atom. The van der Waals surface area contributed by atoms with E-state index >= 15 is 0 Å². The third-order valence-electron chi connectivity index (χ3n) is 4.10. The number of rotatable bonds is 9. The molecule has 26 heavy (non-hydrogen) atoms. The van der Waals surface area contributed by atoms with Gasteiger partial charge in [-0.1, -0.05) is 0 Å². The number of aromatic nitrogens is 3. The molecule has 1 atom stereocenters. The number of primary amides is 1. The van der Waals surface area contributed by atoms with E-state index in [1.807, 2.05) is 29.8 Å². The average Bonchev–Trinajstić information content (AvgIpc) is 2.87. The monoisotopic (exact) mass is 380 g/mol. The van der Waals surface area contributed by atoms with Gasteiger partial charge in [0.2, 0.25) is 10.7 Å². The normalized spacial score (nSPS) is 12.0. The van der Waals surface area contributed by atoms with Crippen LogP contribution in [-0.2, 0) is 31.5 Å². The van der Waals surface area contributed by atoms with Crippen molar-refractivity contribution in [2.24, 2.45) is 12.8 Å². The highest BCUT2D eigenvalue weighted by atomic mass is 32.1. The molecule has 142 valence electrons. The summed E-state index contributed by atoms with van der Waals surface area (Å²) in [6, 6.07) is 5.88. The molecule has 0 spiro atoms. The van der Waals surface area contributed by atoms with Crippen LogP contribution in [0.15, 0.2) is 18.2 Å². The van der Waals surface area contributed by atoms with E-state index in [4.69, 9.17) is 27.4 Å². The van der Waals surface area contributed by atoms with Crippen molar-refractivity contribution >= 4 is 18.1 Å². The highest BCUT2D eigenvalue weighted by Gasteiger charge is 2.13. The predicted molar refractivity (Wildman–Crippen MR) is 99.7 cm³/mol. The molecule has 0 aliphatic carbocycles. The Labute approximate surface area is 158 Å². The molecule has 2 aromatic rings. The molecule has 1 unspecified atom stereocenters. The Kier molecular flexibility index (Phi) is 6.76. The van der Waals surface area contributed by atoms with E-state index in [9.17, 15) is 4.79 Å². The zero-order valence-electron chi connectivity index (χ0n) is 15.6. The van der Waals surface area contributed by atoms with Gasteiger partial charge in [0.05, 0.1) is 21.3 Å². The Morgan fingerprint density at radius 1 is 1.31 bits per heavy atom. The molecule has 1 heterocycles. The lowest BCUT2D eigenvalue weighted by atomic mass is 10.2. The molecule has 0 bridgehead atoms. The zero-order valence-corrected chi connectivity index (χ0v) is 16.4. The minimum Gasteiger partial charge on any atom is -0.493 e. The number of nitrogens with one attached hydrogen (secondary N) is 1. The van der Waals surface area contributed by atoms with Crippen molar-refractivity contribution in [1.29, 1.82) is 0 Å². The van der Waals surface area contributed by atoms with Crippen LogP contribution in [0.3, 0.4) is 0 Å². The third kappa shape index (κ3) is 4.83. The molecule has 0 fully saturated rings. The molecule has 1 amide bonds. The maximum Gasteiger partial charge on any atom is 0.217 e. The second-order valence-electron chi connectivity index (χ2n) is 6.21. The van der Waals surface area contributed by atoms with E-state index in [2.05, 4.69) is 12.1 Å². The lowest BCUT2D eigenvalue weighted by molar-refractivity contribution is -0.917. The molecule has 0 radical (unpaired) electrons. The predicted octanol–water partition coefficient (Wildman–Crippen LogP) is 0.0586. The Morgan fingerprint density at radius 3 is 2.62 bits per heavy atom. The summed E-state index contributed by atoms with van der Waals surface area (Å²) in [4.78, 5) is 12.2. The summed E-state index contributed by atoms with van der Waals surface area (Å²) in [7, 11) is 7.16. The Bertz CT molecular complexity index is 830. The van der Waals surface area contributed by atoms with Crippen LogP contribution in [-0.4, -0.2) is 41.5 Å². The van der Waals surface area contributed by atoms with Gasteiger partial charge in [-0.05, 0) is 30.4 Å². The molecule has 3 N–H and O–H groups in total. The second-order valence-corrected chi connectivity index (χ2v) is 6.57. The molecule has 9 heteroatoms. The van der Waals surface area contributed by atoms with Crippen LogP contribution in [0.5, 0.6) is 11.5 Å². The number of hydrogen-bond acceptors (Lipinski definition) is 5. The number of ether oxygens (including phenoxy) is 2. The van der Waals surface area contributed by atoms with Crippen LogP contribution < -0.4 is 20.1 Å². The number of carbonyl (C=O) groups excluding carboxylic acids is 1. The van der Waals surface area contributed by atoms with E-state index < -0.39 is 0 Å². The van der Waals surface area contributed by atoms with Crippen molar-refractivity contribution in [3.8, 4) is 11.5 Å². The number of hydrogen-bond donors (Lipinski definition) is 2. The summed E-state index contributed by atoms with van der Waals surface area (Å²) in [6.45, 7) is 1.38. The summed E-state index contributed by atoms with van der Waals surface area (Å²) < 4.78 is 14.8. The van der Waals surface area contributed by atoms with Crippen LogP contribution in [0.2, 0.25) is 0 Å². The number of aryl methyl sites for hydroxylation is 1. The van der Waals surface area contributed by atoms with Crippen molar-refractivity contribution < 1.29 is 19.2 Å². The van der Waals surface area contributed by atoms with Gasteiger partial charge in [0.1, 0.15) is 12.4 Å². The first-order valence-corrected chi connectivity index (χ1v) is 8.69. The number of carbonyl (C=O) groups is 1. The zero-order chi connectivity index (χ0) is 19.3. The van der Waals surface area contributed by atoms with Crippen molar-refractivity contribution in [2.75, 3.05) is 21.3 Å². The van der Waals surface area contributed by atoms with Gasteiger partial charge in [0, 0.05) is 25.5 Å². The number of quaternary nitrogens is 1. The minimum absolute atomic E-state index is 0.258. The maximum atomic E-state index is 11.0. The fraction of sp³-hybridized carbons (Fsp3) is 0.471. The molecule has 0 aliphatic rings. The van der Waals surface area contributed by atoms with E-state index in [0.717, 1.165) is 17.9 Å². The molecular weight excluding hydrogens is 354 g/mol. The number of nitrogens with two attached hydrogens (primary N) is 1. The van der Waals surface area contributed by atoms with Crippen LogP contribution >= 0.6 is 12.2 Å². The van der Waals surface area contributed by atoms with Crippen LogP contribution in [0.25, 0.3) is 0 Å². The maximum absolute atomic E-state index is 11.0. The van der Waals surface area contributed by atoms with Gasteiger partial charge in [-0.3, -0.25) is 4.79 Å². The van der Waals surface area contributed by atoms with Gasteiger partial charge < -0.3 is 24.7 Å². The number of nitrogens with zero attached hydrogens (tertiary/aromatic N) is 3. The fourth-order valence-electron chi connectivity index (χ4n) is 2.74. The quantitative estimate of drug-likeness (QED) is 0.601. The molecule has 0 saturated heterocycles. The molecule has 1 aromatic carbocycles. The molecule has 1 aromatic heterocycles. The molecule has 0 saturated carbocycles. The summed E-state index contributed by atoms with van der Waals surface area (Å²) in [5, 5.41) is 4.53. The fourth-order valence-corrected chi connectivity index (χ4v) is 2.95. The van der Waals surface area contributed by atoms with Crippen molar-refractivity contribution in [2.45, 2.75) is 26.1 Å². The van der Waals surface area contributed by atoms with Crippen molar-refractivity contribution in [3.05, 3.63) is 34.4 Å². The summed E-state index contributed by atoms with van der Waals surface area (Å²) in [5.74, 6) is 1.83. The topological polar surface area (TPSA) is 88.7 Å². The number of benzene rings is 1. The van der Waals surface area contributed by atoms with Gasteiger partial charge >= 0.3 is 0 Å². The molecular formula is C17H26N5O3S+. The standard InChI is InChI=1S/C17H25N5O3S/c1-20(10-12-5-6-13(24-3)14(9-12)25-4)11-22-17(26)21(2)16(19-22)8-7-15(18)23/h5-6,9H,7-8,10-11H2,1-4H3,(H2,18,23)/p+1. The molecule has 2 rings (SSSR count). The van der Waals surface area contributed by atoms with Gasteiger partial charge in [0.15, 0.2) is 18.2 Å². The van der Waals surface area contributed by atoms with E-state index in [-0.39, 0.29) is 12.3 Å². The number of methoxy groups -OCH3 is 2. The van der Waals surface area contributed by atoms with Crippen LogP contribution in [0.4, 0.5) is 0 Å². The molecule has 8 nitrogen and oxygen atoms in total. The van der Waals surface area contributed by atoms with Gasteiger partial charge in [0.25, 0.3) is 0 Å². The first-order valence-electron chi connectivity index (χ1n) is 8.29. The highest BCUT2D eigenvalue weighted by Crippen LogP contribution is 2.27. The highest BCUT2D eigenvalue weighted by molar-refractivity contribution is 7.71. The smallest absolute Gasteiger partial charge is 0.217 e. The summed E-state index contributed by atoms with van der Waals surface area (Å²) >= 11 is 5.45. The SMILES string of the molecule is COc1ccc(C[NH+](C)Cn2nc(CCC(N)=O)n(C)c2=S)cc1OC. The van der Waals surface area contributed by atoms with Gasteiger partial charge in [-0.25, -0.2) is 0 Å². The third-order valence-corrected chi connectivity index (χ3v) is 4.58. The lowest BCUT2D eigenvalue weighted by Crippen LogP contribution is -3.07. The van der Waals surface area contributed by atoms with Gasteiger partial charge in [-0.2, -0.15) is 9.78 Å². The molecule has 0 aliphatic heterocycles. The van der Waals surface area contributed by atoms with Crippen LogP contribution in [0, 0.1) is 4.77 Å². The first-order chi connectivity index (χ1) is 12.3. The van der Waals surface area contributed by atoms with E-state index in [1.165, 1.54) is 4.90 Å². The van der Waals surface area contributed by atoms with Crippen molar-refractivity contribution in [1.82, 2.24) is 14.3 Å². The second kappa shape index (κ2) is 8.81. The minimum atomic E-state index is -0.346. The lowest BCUT2D eigenvalue weighted by Gasteiger charge is -2.15. The average molecular weight is 380 g/mol. The summed E-state index contributed by atoms with van der Waals surface area (Å²) in [5.41, 5.74) is 6.34. The largest absolute Gasteiger partial charge is 0.493 e. The van der Waals surface area contributed by atoms with Gasteiger partial charge in [-0.15, -0.1) is 0 Å². The number of amides is 1. The first kappa shape index (κ1) is 19.9. The Balaban J connectivity index is 2.08. The Hall–Kier alpha value is -2.39. The van der Waals surface area contributed by atoms with E-state index in [1.54, 1.807) is 18.9 Å². The van der Waals surface area contributed by atoms with Crippen molar-refractivity contribution in [3.63, 3.8) is 0 Å². The van der Waals surface area contributed by atoms with E-state index in [0.29, 0.717) is 29.4 Å².